The van der Waals surface area contributed by atoms with Crippen LogP contribution in [-0.2, 0) is 0 Å². The van der Waals surface area contributed by atoms with Gasteiger partial charge in [-0.15, -0.1) is 0 Å². The number of anilines is 2. The fraction of sp³-hybridized carbons (Fsp3) is 0. The Morgan fingerprint density at radius 3 is 2.25 bits per heavy atom. The summed E-state index contributed by atoms with van der Waals surface area (Å²) in [6.45, 7) is 0. The molecule has 2 heterocycles. The molecule has 2 aromatic carbocycles. The van der Waals surface area contributed by atoms with E-state index >= 15 is 0 Å². The molecule has 32 heavy (non-hydrogen) atoms. The molecule has 0 aliphatic carbocycles. The van der Waals surface area contributed by atoms with Crippen LogP contribution < -0.4 is 10.6 Å². The molecule has 8 nitrogen and oxygen atoms in total. The molecule has 0 radical (unpaired) electrons. The van der Waals surface area contributed by atoms with Gasteiger partial charge in [-0.25, -0.2) is 9.97 Å². The van der Waals surface area contributed by atoms with Gasteiger partial charge in [-0.2, -0.15) is 0 Å². The molecule has 4 aromatic rings. The van der Waals surface area contributed by atoms with E-state index in [1.54, 1.807) is 24.5 Å². The highest BCUT2D eigenvalue weighted by Crippen LogP contribution is 2.26. The molecule has 0 aliphatic heterocycles. The van der Waals surface area contributed by atoms with Crippen LogP contribution in [0.15, 0.2) is 83.6 Å². The molecular formula is C22H15BrN6O2S. The number of nitrogens with zero attached hydrogens (tertiary/aromatic N) is 4. The summed E-state index contributed by atoms with van der Waals surface area (Å²) in [5, 5.41) is 17.0. The van der Waals surface area contributed by atoms with Crippen molar-refractivity contribution in [1.29, 1.82) is 0 Å². The van der Waals surface area contributed by atoms with Crippen molar-refractivity contribution in [3.05, 3.63) is 93.7 Å². The summed E-state index contributed by atoms with van der Waals surface area (Å²) >= 11 is 8.83. The molecule has 158 valence electrons. The molecule has 2 N–H and O–H groups in total. The van der Waals surface area contributed by atoms with Gasteiger partial charge in [0.15, 0.2) is 5.11 Å². The van der Waals surface area contributed by atoms with Crippen molar-refractivity contribution in [3.8, 4) is 22.5 Å². The van der Waals surface area contributed by atoms with Crippen LogP contribution in [0.5, 0.6) is 0 Å². The Balaban J connectivity index is 1.62. The van der Waals surface area contributed by atoms with Crippen molar-refractivity contribution >= 4 is 50.6 Å². The van der Waals surface area contributed by atoms with Crippen LogP contribution in [0.1, 0.15) is 0 Å². The lowest BCUT2D eigenvalue weighted by Gasteiger charge is -2.12. The average Bonchev–Trinajstić information content (AvgIpc) is 2.80. The number of rotatable bonds is 5. The minimum Gasteiger partial charge on any atom is -0.332 e. The highest BCUT2D eigenvalue weighted by atomic mass is 79.9. The lowest BCUT2D eigenvalue weighted by molar-refractivity contribution is -0.384. The van der Waals surface area contributed by atoms with Gasteiger partial charge in [0.05, 0.1) is 16.3 Å². The fourth-order valence-corrected chi connectivity index (χ4v) is 3.46. The first kappa shape index (κ1) is 21.5. The fourth-order valence-electron chi connectivity index (χ4n) is 2.89. The number of nitro groups is 1. The first-order valence-electron chi connectivity index (χ1n) is 9.36. The predicted molar refractivity (Wildman–Crippen MR) is 131 cm³/mol. The average molecular weight is 507 g/mol. The number of thiocarbonyl (C=S) groups is 1. The third-order valence-electron chi connectivity index (χ3n) is 4.36. The lowest BCUT2D eigenvalue weighted by Crippen LogP contribution is -2.20. The van der Waals surface area contributed by atoms with Gasteiger partial charge in [0.25, 0.3) is 5.69 Å². The van der Waals surface area contributed by atoms with Crippen molar-refractivity contribution < 1.29 is 4.92 Å². The largest absolute Gasteiger partial charge is 0.332 e. The van der Waals surface area contributed by atoms with Crippen molar-refractivity contribution in [3.63, 3.8) is 0 Å². The van der Waals surface area contributed by atoms with Crippen LogP contribution in [0.4, 0.5) is 17.3 Å². The summed E-state index contributed by atoms with van der Waals surface area (Å²) < 4.78 is 0.833. The number of hydrogen-bond acceptors (Lipinski definition) is 6. The summed E-state index contributed by atoms with van der Waals surface area (Å²) in [5.41, 5.74) is 3.74. The molecule has 0 unspecified atom stereocenters. The normalized spacial score (nSPS) is 10.4. The van der Waals surface area contributed by atoms with Crippen molar-refractivity contribution in [2.75, 3.05) is 10.6 Å². The van der Waals surface area contributed by atoms with Gasteiger partial charge in [-0.1, -0.05) is 30.3 Å². The van der Waals surface area contributed by atoms with E-state index in [0.29, 0.717) is 17.3 Å². The number of nitrogens with one attached hydrogen (secondary N) is 2. The number of halogens is 1. The summed E-state index contributed by atoms with van der Waals surface area (Å²) in [4.78, 5) is 23.8. The van der Waals surface area contributed by atoms with Gasteiger partial charge in [-0.05, 0) is 52.4 Å². The lowest BCUT2D eigenvalue weighted by atomic mass is 10.1. The smallest absolute Gasteiger partial charge is 0.269 e. The number of non-ortho nitro benzene ring substituents is 1. The molecule has 0 amide bonds. The van der Waals surface area contributed by atoms with Gasteiger partial charge in [0.2, 0.25) is 5.95 Å². The highest BCUT2D eigenvalue weighted by Gasteiger charge is 2.11. The maximum absolute atomic E-state index is 10.8. The van der Waals surface area contributed by atoms with E-state index in [1.165, 1.54) is 12.1 Å². The van der Waals surface area contributed by atoms with E-state index < -0.39 is 4.92 Å². The van der Waals surface area contributed by atoms with Crippen LogP contribution in [-0.4, -0.2) is 25.0 Å². The van der Waals surface area contributed by atoms with Crippen molar-refractivity contribution in [2.24, 2.45) is 0 Å². The highest BCUT2D eigenvalue weighted by molar-refractivity contribution is 9.10. The Hall–Kier alpha value is -3.76. The molecule has 4 rings (SSSR count). The number of aromatic nitrogens is 3. The van der Waals surface area contributed by atoms with Crippen LogP contribution in [0.3, 0.4) is 0 Å². The van der Waals surface area contributed by atoms with Gasteiger partial charge >= 0.3 is 0 Å². The number of nitro benzene ring substituents is 1. The molecule has 0 saturated heterocycles. The van der Waals surface area contributed by atoms with Crippen LogP contribution in [0.2, 0.25) is 0 Å². The van der Waals surface area contributed by atoms with Gasteiger partial charge in [-0.3, -0.25) is 15.1 Å². The van der Waals surface area contributed by atoms with Gasteiger partial charge < -0.3 is 10.6 Å². The van der Waals surface area contributed by atoms with Gasteiger partial charge in [0.1, 0.15) is 0 Å². The van der Waals surface area contributed by atoms with Crippen molar-refractivity contribution in [1.82, 2.24) is 15.0 Å². The molecule has 0 spiro atoms. The van der Waals surface area contributed by atoms with Crippen LogP contribution in [0.25, 0.3) is 22.5 Å². The summed E-state index contributed by atoms with van der Waals surface area (Å²) in [7, 11) is 0. The molecular weight excluding hydrogens is 492 g/mol. The topological polar surface area (TPSA) is 106 Å². The summed E-state index contributed by atoms with van der Waals surface area (Å²) in [6, 6.07) is 19.5. The molecule has 2 aromatic heterocycles. The molecule has 10 heteroatoms. The molecule has 0 fully saturated rings. The standard InChI is InChI=1S/C22H15BrN6O2S/c23-16-10-15(12-24-13-16)20-11-19(14-4-2-1-3-5-14)26-21(27-20)28-22(32)25-17-6-8-18(9-7-17)29(30)31/h1-13H,(H2,25,26,27,28,32). The quantitative estimate of drug-likeness (QED) is 0.202. The molecule has 0 bridgehead atoms. The number of hydrogen-bond donors (Lipinski definition) is 2. The second-order valence-electron chi connectivity index (χ2n) is 6.60. The number of pyridine rings is 1. The SMILES string of the molecule is O=[N+]([O-])c1ccc(NC(=S)Nc2nc(-c3ccccc3)cc(-c3cncc(Br)c3)n2)cc1. The first-order valence-corrected chi connectivity index (χ1v) is 10.6. The van der Waals surface area contributed by atoms with E-state index in [0.717, 1.165) is 21.3 Å². The second-order valence-corrected chi connectivity index (χ2v) is 7.93. The Kier molecular flexibility index (Phi) is 6.43. The molecule has 0 saturated carbocycles. The predicted octanol–water partition coefficient (Wildman–Crippen LogP) is 5.69. The minimum atomic E-state index is -0.457. The van der Waals surface area contributed by atoms with E-state index in [-0.39, 0.29) is 10.8 Å². The van der Waals surface area contributed by atoms with Gasteiger partial charge in [0, 0.05) is 45.8 Å². The zero-order valence-corrected chi connectivity index (χ0v) is 18.8. The van der Waals surface area contributed by atoms with Crippen LogP contribution in [0, 0.1) is 10.1 Å². The third-order valence-corrected chi connectivity index (χ3v) is 5.00. The van der Waals surface area contributed by atoms with Crippen molar-refractivity contribution in [2.45, 2.75) is 0 Å². The zero-order valence-electron chi connectivity index (χ0n) is 16.4. The Labute approximate surface area is 197 Å². The maximum Gasteiger partial charge on any atom is 0.269 e. The molecule has 0 aliphatic rings. The third kappa shape index (κ3) is 5.29. The first-order chi connectivity index (χ1) is 15.5. The second kappa shape index (κ2) is 9.58. The minimum absolute atomic E-state index is 0.000552. The van der Waals surface area contributed by atoms with E-state index in [1.807, 2.05) is 42.5 Å². The molecule has 0 atom stereocenters. The summed E-state index contributed by atoms with van der Waals surface area (Å²) in [6.07, 6.45) is 3.42. The van der Waals surface area contributed by atoms with E-state index in [4.69, 9.17) is 12.2 Å². The Bertz CT molecular complexity index is 1290. The Morgan fingerprint density at radius 2 is 1.59 bits per heavy atom. The number of benzene rings is 2. The van der Waals surface area contributed by atoms with Crippen LogP contribution >= 0.6 is 28.1 Å². The van der Waals surface area contributed by atoms with E-state index in [2.05, 4.69) is 41.5 Å². The maximum atomic E-state index is 10.8. The summed E-state index contributed by atoms with van der Waals surface area (Å²) in [5.74, 6) is 0.306. The Morgan fingerprint density at radius 1 is 0.906 bits per heavy atom. The zero-order chi connectivity index (χ0) is 22.5. The monoisotopic (exact) mass is 506 g/mol. The van der Waals surface area contributed by atoms with E-state index in [9.17, 15) is 10.1 Å².